The van der Waals surface area contributed by atoms with E-state index in [1.807, 2.05) is 36.4 Å². The number of aromatic carboxylic acids is 1. The second kappa shape index (κ2) is 6.52. The number of carboxylic acids is 1. The van der Waals surface area contributed by atoms with E-state index in [0.29, 0.717) is 18.5 Å². The molecule has 2 aromatic carbocycles. The first-order valence-electron chi connectivity index (χ1n) is 7.45. The van der Waals surface area contributed by atoms with Gasteiger partial charge in [0.15, 0.2) is 0 Å². The van der Waals surface area contributed by atoms with Crippen LogP contribution in [0.3, 0.4) is 0 Å². The molecule has 1 amide bonds. The zero-order valence-corrected chi connectivity index (χ0v) is 12.6. The maximum atomic E-state index is 12.2. The van der Waals surface area contributed by atoms with E-state index in [1.54, 1.807) is 17.0 Å². The first-order chi connectivity index (χ1) is 11.1. The smallest absolute Gasteiger partial charge is 0.410 e. The van der Waals surface area contributed by atoms with Crippen LogP contribution in [-0.2, 0) is 24.3 Å². The van der Waals surface area contributed by atoms with Crippen LogP contribution >= 0.6 is 0 Å². The number of ether oxygens (including phenoxy) is 1. The Bertz CT molecular complexity index is 727. The number of benzene rings is 2. The lowest BCUT2D eigenvalue weighted by Gasteiger charge is -2.29. The molecule has 0 aliphatic carbocycles. The van der Waals surface area contributed by atoms with Gasteiger partial charge in [0, 0.05) is 6.54 Å². The number of rotatable bonds is 3. The molecular weight excluding hydrogens is 294 g/mol. The first kappa shape index (κ1) is 15.1. The molecule has 1 aliphatic rings. The summed E-state index contributed by atoms with van der Waals surface area (Å²) in [4.78, 5) is 25.1. The van der Waals surface area contributed by atoms with Gasteiger partial charge in [0.05, 0.1) is 12.1 Å². The van der Waals surface area contributed by atoms with Gasteiger partial charge in [-0.05, 0) is 29.2 Å². The highest BCUT2D eigenvalue weighted by molar-refractivity contribution is 5.90. The zero-order chi connectivity index (χ0) is 16.2. The van der Waals surface area contributed by atoms with Crippen molar-refractivity contribution in [3.8, 4) is 0 Å². The Kier molecular flexibility index (Phi) is 4.28. The molecule has 0 atom stereocenters. The van der Waals surface area contributed by atoms with Crippen LogP contribution in [0.5, 0.6) is 0 Å². The van der Waals surface area contributed by atoms with Crippen LogP contribution in [0.1, 0.15) is 27.0 Å². The minimum atomic E-state index is -0.971. The fourth-order valence-electron chi connectivity index (χ4n) is 2.75. The summed E-state index contributed by atoms with van der Waals surface area (Å²) >= 11 is 0. The number of carbonyl (C=O) groups excluding carboxylic acids is 1. The average Bonchev–Trinajstić information content (AvgIpc) is 2.59. The minimum Gasteiger partial charge on any atom is -0.478 e. The van der Waals surface area contributed by atoms with Crippen LogP contribution in [0.4, 0.5) is 4.79 Å². The van der Waals surface area contributed by atoms with Crippen molar-refractivity contribution in [1.29, 1.82) is 0 Å². The summed E-state index contributed by atoms with van der Waals surface area (Å²) in [5.74, 6) is -0.971. The lowest BCUT2D eigenvalue weighted by atomic mass is 9.95. The number of amides is 1. The quantitative estimate of drug-likeness (QED) is 0.946. The number of hydrogen-bond donors (Lipinski definition) is 1. The Hall–Kier alpha value is -2.82. The third-order valence-electron chi connectivity index (χ3n) is 3.97. The van der Waals surface area contributed by atoms with Gasteiger partial charge < -0.3 is 14.7 Å². The van der Waals surface area contributed by atoms with Gasteiger partial charge in [0.25, 0.3) is 0 Å². The summed E-state index contributed by atoms with van der Waals surface area (Å²) in [5, 5.41) is 9.28. The topological polar surface area (TPSA) is 66.8 Å². The Morgan fingerprint density at radius 1 is 1.09 bits per heavy atom. The number of carboxylic acid groups (broad SMARTS) is 1. The fourth-order valence-corrected chi connectivity index (χ4v) is 2.75. The van der Waals surface area contributed by atoms with Crippen molar-refractivity contribution in [3.05, 3.63) is 70.8 Å². The molecule has 1 aliphatic heterocycles. The van der Waals surface area contributed by atoms with Gasteiger partial charge >= 0.3 is 12.1 Å². The molecule has 2 aromatic rings. The highest BCUT2D eigenvalue weighted by Crippen LogP contribution is 2.23. The highest BCUT2D eigenvalue weighted by Gasteiger charge is 2.25. The monoisotopic (exact) mass is 311 g/mol. The van der Waals surface area contributed by atoms with E-state index in [2.05, 4.69) is 0 Å². The van der Waals surface area contributed by atoms with Crippen LogP contribution in [-0.4, -0.2) is 28.6 Å². The molecule has 0 bridgehead atoms. The normalized spacial score (nSPS) is 13.3. The molecule has 23 heavy (non-hydrogen) atoms. The van der Waals surface area contributed by atoms with E-state index in [4.69, 9.17) is 4.74 Å². The molecule has 1 N–H and O–H groups in total. The van der Waals surface area contributed by atoms with Gasteiger partial charge in [0.1, 0.15) is 6.61 Å². The third-order valence-corrected chi connectivity index (χ3v) is 3.97. The summed E-state index contributed by atoms with van der Waals surface area (Å²) in [5.41, 5.74) is 2.85. The van der Waals surface area contributed by atoms with Crippen molar-refractivity contribution in [3.63, 3.8) is 0 Å². The van der Waals surface area contributed by atoms with E-state index in [-0.39, 0.29) is 18.7 Å². The van der Waals surface area contributed by atoms with Gasteiger partial charge in [-0.3, -0.25) is 0 Å². The van der Waals surface area contributed by atoms with E-state index in [1.165, 1.54) is 0 Å². The number of nitrogens with zero attached hydrogens (tertiary/aromatic N) is 1. The maximum Gasteiger partial charge on any atom is 0.410 e. The molecular formula is C18H17NO4. The largest absolute Gasteiger partial charge is 0.478 e. The van der Waals surface area contributed by atoms with Crippen molar-refractivity contribution in [2.45, 2.75) is 19.6 Å². The van der Waals surface area contributed by atoms with Gasteiger partial charge in [-0.15, -0.1) is 0 Å². The predicted molar refractivity (Wildman–Crippen MR) is 84.1 cm³/mol. The van der Waals surface area contributed by atoms with Crippen LogP contribution in [0.15, 0.2) is 48.5 Å². The van der Waals surface area contributed by atoms with E-state index >= 15 is 0 Å². The highest BCUT2D eigenvalue weighted by atomic mass is 16.6. The number of fused-ring (bicyclic) bond motifs is 1. The fraction of sp³-hybridized carbons (Fsp3) is 0.222. The number of carbonyl (C=O) groups is 2. The molecule has 0 unspecified atom stereocenters. The summed E-state index contributed by atoms with van der Waals surface area (Å²) in [7, 11) is 0. The van der Waals surface area contributed by atoms with E-state index in [0.717, 1.165) is 11.1 Å². The van der Waals surface area contributed by atoms with Crippen LogP contribution in [0.25, 0.3) is 0 Å². The Morgan fingerprint density at radius 3 is 2.61 bits per heavy atom. The number of hydrogen-bond acceptors (Lipinski definition) is 3. The Balaban J connectivity index is 1.69. The molecule has 0 aromatic heterocycles. The van der Waals surface area contributed by atoms with Crippen molar-refractivity contribution in [1.82, 2.24) is 4.90 Å². The molecule has 5 heteroatoms. The molecule has 3 rings (SSSR count). The van der Waals surface area contributed by atoms with Gasteiger partial charge in [-0.25, -0.2) is 9.59 Å². The second-order valence-corrected chi connectivity index (χ2v) is 5.46. The second-order valence-electron chi connectivity index (χ2n) is 5.46. The predicted octanol–water partition coefficient (Wildman–Crippen LogP) is 3.08. The maximum absolute atomic E-state index is 12.2. The molecule has 0 saturated carbocycles. The van der Waals surface area contributed by atoms with Crippen molar-refractivity contribution < 1.29 is 19.4 Å². The lowest BCUT2D eigenvalue weighted by Crippen LogP contribution is -2.37. The molecule has 1 heterocycles. The molecule has 0 fully saturated rings. The molecule has 0 radical (unpaired) electrons. The molecule has 118 valence electrons. The summed E-state index contributed by atoms with van der Waals surface area (Å²) < 4.78 is 5.32. The van der Waals surface area contributed by atoms with Crippen LogP contribution in [0, 0.1) is 0 Å². The van der Waals surface area contributed by atoms with Crippen molar-refractivity contribution in [2.24, 2.45) is 0 Å². The lowest BCUT2D eigenvalue weighted by molar-refractivity contribution is 0.0688. The zero-order valence-electron chi connectivity index (χ0n) is 12.6. The molecule has 0 spiro atoms. The third kappa shape index (κ3) is 3.34. The minimum absolute atomic E-state index is 0.212. The van der Waals surface area contributed by atoms with Crippen molar-refractivity contribution in [2.75, 3.05) is 6.54 Å². The van der Waals surface area contributed by atoms with Crippen LogP contribution < -0.4 is 0 Å². The van der Waals surface area contributed by atoms with E-state index in [9.17, 15) is 14.7 Å². The summed E-state index contributed by atoms with van der Waals surface area (Å²) in [6.07, 6.45) is 0.219. The van der Waals surface area contributed by atoms with Crippen LogP contribution in [0.2, 0.25) is 0 Å². The van der Waals surface area contributed by atoms with E-state index < -0.39 is 12.1 Å². The van der Waals surface area contributed by atoms with Gasteiger partial charge in [-0.1, -0.05) is 42.5 Å². The SMILES string of the molecule is O=C(O)c1cccc2c1CN(C(=O)OCc1ccccc1)CC2. The average molecular weight is 311 g/mol. The summed E-state index contributed by atoms with van der Waals surface area (Å²) in [6.45, 7) is 1.01. The first-order valence-corrected chi connectivity index (χ1v) is 7.45. The molecule has 5 nitrogen and oxygen atoms in total. The summed E-state index contributed by atoms with van der Waals surface area (Å²) in [6, 6.07) is 14.7. The Labute approximate surface area is 134 Å². The standard InChI is InChI=1S/C18H17NO4/c20-17(21)15-8-4-7-14-9-10-19(11-16(14)15)18(22)23-12-13-5-2-1-3-6-13/h1-8H,9-12H2,(H,20,21). The molecule has 0 saturated heterocycles. The van der Waals surface area contributed by atoms with Gasteiger partial charge in [-0.2, -0.15) is 0 Å². The Morgan fingerprint density at radius 2 is 1.87 bits per heavy atom. The van der Waals surface area contributed by atoms with Crippen molar-refractivity contribution >= 4 is 12.1 Å². The van der Waals surface area contributed by atoms with Gasteiger partial charge in [0.2, 0.25) is 0 Å².